The minimum Gasteiger partial charge on any atom is -0.478 e. The van der Waals surface area contributed by atoms with Crippen molar-refractivity contribution >= 4 is 23.3 Å². The van der Waals surface area contributed by atoms with Crippen molar-refractivity contribution in [1.82, 2.24) is 0 Å². The van der Waals surface area contributed by atoms with Crippen LogP contribution in [0.15, 0.2) is 18.2 Å². The van der Waals surface area contributed by atoms with Crippen molar-refractivity contribution < 1.29 is 14.6 Å². The molecular weight excluding hydrogens is 242 g/mol. The van der Waals surface area contributed by atoms with Gasteiger partial charge in [0.15, 0.2) is 0 Å². The molecule has 0 saturated carbocycles. The number of halogens is 1. The summed E-state index contributed by atoms with van der Waals surface area (Å²) in [4.78, 5) is 10.7. The molecule has 4 nitrogen and oxygen atoms in total. The number of ether oxygens (including phenoxy) is 1. The number of benzene rings is 1. The highest BCUT2D eigenvalue weighted by Crippen LogP contribution is 2.23. The van der Waals surface area contributed by atoms with Gasteiger partial charge < -0.3 is 15.2 Å². The van der Waals surface area contributed by atoms with Crippen LogP contribution in [0.1, 0.15) is 31.1 Å². The predicted molar refractivity (Wildman–Crippen MR) is 67.7 cm³/mol. The third-order valence-corrected chi connectivity index (χ3v) is 2.30. The fourth-order valence-corrected chi connectivity index (χ4v) is 1.37. The van der Waals surface area contributed by atoms with Gasteiger partial charge in [0.25, 0.3) is 0 Å². The molecule has 94 valence electrons. The highest BCUT2D eigenvalue weighted by atomic mass is 35.5. The summed E-state index contributed by atoms with van der Waals surface area (Å²) in [5.41, 5.74) is 0.582. The van der Waals surface area contributed by atoms with E-state index in [2.05, 4.69) is 5.32 Å². The summed E-state index contributed by atoms with van der Waals surface area (Å²) >= 11 is 5.94. The molecule has 0 aliphatic heterocycles. The van der Waals surface area contributed by atoms with Crippen LogP contribution in [-0.2, 0) is 4.74 Å². The Labute approximate surface area is 106 Å². The lowest BCUT2D eigenvalue weighted by atomic mass is 10.2. The SMILES string of the molecule is CC(C)(C)OCNc1ccc(C(=O)O)cc1Cl. The van der Waals surface area contributed by atoms with Crippen molar-refractivity contribution in [3.63, 3.8) is 0 Å². The average molecular weight is 258 g/mol. The molecule has 1 rings (SSSR count). The van der Waals surface area contributed by atoms with Gasteiger partial charge in [0.1, 0.15) is 6.73 Å². The third kappa shape index (κ3) is 4.63. The van der Waals surface area contributed by atoms with Gasteiger partial charge in [-0.15, -0.1) is 0 Å². The first-order valence-electron chi connectivity index (χ1n) is 5.20. The van der Waals surface area contributed by atoms with Crippen LogP contribution in [0.4, 0.5) is 5.69 Å². The lowest BCUT2D eigenvalue weighted by molar-refractivity contribution is 0.00846. The predicted octanol–water partition coefficient (Wildman–Crippen LogP) is 3.22. The fourth-order valence-electron chi connectivity index (χ4n) is 1.12. The molecule has 0 atom stereocenters. The van der Waals surface area contributed by atoms with E-state index in [9.17, 15) is 4.79 Å². The molecule has 0 bridgehead atoms. The number of anilines is 1. The number of carboxylic acids is 1. The molecule has 0 saturated heterocycles. The summed E-state index contributed by atoms with van der Waals surface area (Å²) in [5.74, 6) is -0.996. The first-order chi connectivity index (χ1) is 7.79. The van der Waals surface area contributed by atoms with Gasteiger partial charge >= 0.3 is 5.97 Å². The van der Waals surface area contributed by atoms with Crippen LogP contribution in [0.3, 0.4) is 0 Å². The van der Waals surface area contributed by atoms with Gasteiger partial charge in [-0.3, -0.25) is 0 Å². The van der Waals surface area contributed by atoms with Crippen LogP contribution < -0.4 is 5.32 Å². The summed E-state index contributed by atoms with van der Waals surface area (Å²) in [5, 5.41) is 12.1. The van der Waals surface area contributed by atoms with E-state index < -0.39 is 5.97 Å². The minimum atomic E-state index is -0.996. The van der Waals surface area contributed by atoms with Gasteiger partial charge in [0.2, 0.25) is 0 Å². The topological polar surface area (TPSA) is 58.6 Å². The molecule has 0 aromatic heterocycles. The Morgan fingerprint density at radius 3 is 2.59 bits per heavy atom. The third-order valence-electron chi connectivity index (χ3n) is 1.98. The lowest BCUT2D eigenvalue weighted by Crippen LogP contribution is -2.23. The molecule has 5 heteroatoms. The summed E-state index contributed by atoms with van der Waals surface area (Å²) < 4.78 is 5.48. The molecule has 2 N–H and O–H groups in total. The van der Waals surface area contributed by atoms with E-state index in [1.54, 1.807) is 6.07 Å². The molecule has 0 aliphatic rings. The number of nitrogens with one attached hydrogen (secondary N) is 1. The number of aromatic carboxylic acids is 1. The molecular formula is C12H16ClNO3. The maximum absolute atomic E-state index is 10.7. The zero-order valence-corrected chi connectivity index (χ0v) is 10.8. The van der Waals surface area contributed by atoms with Crippen LogP contribution in [-0.4, -0.2) is 23.4 Å². The van der Waals surface area contributed by atoms with E-state index in [1.165, 1.54) is 12.1 Å². The minimum absolute atomic E-state index is 0.164. The number of carboxylic acid groups (broad SMARTS) is 1. The number of rotatable bonds is 4. The average Bonchev–Trinajstić information content (AvgIpc) is 2.18. The summed E-state index contributed by atoms with van der Waals surface area (Å²) in [7, 11) is 0. The summed E-state index contributed by atoms with van der Waals surface area (Å²) in [6.45, 7) is 6.16. The Kier molecular flexibility index (Phi) is 4.37. The fraction of sp³-hybridized carbons (Fsp3) is 0.417. The normalized spacial score (nSPS) is 11.3. The number of carbonyl (C=O) groups is 1. The molecule has 0 amide bonds. The zero-order valence-electron chi connectivity index (χ0n) is 10.1. The smallest absolute Gasteiger partial charge is 0.335 e. The van der Waals surface area contributed by atoms with Crippen molar-refractivity contribution in [2.45, 2.75) is 26.4 Å². The van der Waals surface area contributed by atoms with Crippen molar-refractivity contribution in [3.8, 4) is 0 Å². The highest BCUT2D eigenvalue weighted by Gasteiger charge is 2.10. The first kappa shape index (κ1) is 13.8. The second kappa shape index (κ2) is 5.38. The molecule has 0 fully saturated rings. The van der Waals surface area contributed by atoms with E-state index in [0.717, 1.165) is 0 Å². The van der Waals surface area contributed by atoms with Crippen LogP contribution in [0.25, 0.3) is 0 Å². The van der Waals surface area contributed by atoms with Gasteiger partial charge in [-0.2, -0.15) is 0 Å². The molecule has 0 radical (unpaired) electrons. The molecule has 17 heavy (non-hydrogen) atoms. The van der Waals surface area contributed by atoms with Crippen LogP contribution in [0.2, 0.25) is 5.02 Å². The van der Waals surface area contributed by atoms with E-state index in [-0.39, 0.29) is 11.2 Å². The standard InChI is InChI=1S/C12H16ClNO3/c1-12(2,3)17-7-14-10-5-4-8(11(15)16)6-9(10)13/h4-6,14H,7H2,1-3H3,(H,15,16). The zero-order chi connectivity index (χ0) is 13.1. The Hall–Kier alpha value is -1.26. The van der Waals surface area contributed by atoms with Gasteiger partial charge in [-0.25, -0.2) is 4.79 Å². The maximum Gasteiger partial charge on any atom is 0.335 e. The Bertz CT molecular complexity index is 413. The first-order valence-corrected chi connectivity index (χ1v) is 5.58. The molecule has 0 spiro atoms. The van der Waals surface area contributed by atoms with Crippen LogP contribution in [0, 0.1) is 0 Å². The van der Waals surface area contributed by atoms with E-state index in [1.807, 2.05) is 20.8 Å². The molecule has 1 aromatic rings. The number of hydrogen-bond donors (Lipinski definition) is 2. The van der Waals surface area contributed by atoms with Crippen molar-refractivity contribution in [2.75, 3.05) is 12.0 Å². The Balaban J connectivity index is 2.64. The van der Waals surface area contributed by atoms with E-state index in [4.69, 9.17) is 21.4 Å². The molecule has 0 heterocycles. The van der Waals surface area contributed by atoms with E-state index >= 15 is 0 Å². The summed E-state index contributed by atoms with van der Waals surface area (Å²) in [6.07, 6.45) is 0. The maximum atomic E-state index is 10.7. The largest absolute Gasteiger partial charge is 0.478 e. The molecule has 0 aliphatic carbocycles. The monoisotopic (exact) mass is 257 g/mol. The van der Waals surface area contributed by atoms with E-state index in [0.29, 0.717) is 17.4 Å². The highest BCUT2D eigenvalue weighted by molar-refractivity contribution is 6.33. The van der Waals surface area contributed by atoms with Crippen LogP contribution >= 0.6 is 11.6 Å². The van der Waals surface area contributed by atoms with Crippen LogP contribution in [0.5, 0.6) is 0 Å². The Morgan fingerprint density at radius 1 is 1.47 bits per heavy atom. The number of hydrogen-bond acceptors (Lipinski definition) is 3. The summed E-state index contributed by atoms with van der Waals surface area (Å²) in [6, 6.07) is 4.52. The Morgan fingerprint density at radius 2 is 2.12 bits per heavy atom. The van der Waals surface area contributed by atoms with Crippen molar-refractivity contribution in [1.29, 1.82) is 0 Å². The van der Waals surface area contributed by atoms with Gasteiger partial charge in [-0.05, 0) is 39.0 Å². The quantitative estimate of drug-likeness (QED) is 0.813. The van der Waals surface area contributed by atoms with Gasteiger partial charge in [0, 0.05) is 0 Å². The molecule has 1 aromatic carbocycles. The second-order valence-corrected chi connectivity index (χ2v) is 4.98. The van der Waals surface area contributed by atoms with Crippen molar-refractivity contribution in [3.05, 3.63) is 28.8 Å². The van der Waals surface area contributed by atoms with Gasteiger partial charge in [0.05, 0.1) is 21.9 Å². The van der Waals surface area contributed by atoms with Gasteiger partial charge in [-0.1, -0.05) is 11.6 Å². The second-order valence-electron chi connectivity index (χ2n) is 4.58. The van der Waals surface area contributed by atoms with Crippen molar-refractivity contribution in [2.24, 2.45) is 0 Å². The lowest BCUT2D eigenvalue weighted by Gasteiger charge is -2.20. The molecule has 0 unspecified atom stereocenters.